The number of hydrogen-bond donors (Lipinski definition) is 1. The Balaban J connectivity index is 0.920. The molecule has 1 amide bonds. The molecular formula is C40H44N6O2. The van der Waals surface area contributed by atoms with Crippen LogP contribution in [0, 0.1) is 0 Å². The second-order valence-corrected chi connectivity index (χ2v) is 13.3. The van der Waals surface area contributed by atoms with E-state index in [1.807, 2.05) is 6.07 Å². The van der Waals surface area contributed by atoms with Crippen LogP contribution in [0.1, 0.15) is 24.8 Å². The minimum atomic E-state index is -0.0820. The SMILES string of the molecule is O=C1CCc2ccc(OC(CCCN3CCN(c4cccc5ccccc45)CC3)N3CCN(c4cccc5ccccc45)CC3)nc2N1. The number of anilines is 3. The maximum Gasteiger partial charge on any atom is 0.225 e. The molecule has 246 valence electrons. The summed E-state index contributed by atoms with van der Waals surface area (Å²) in [4.78, 5) is 27.0. The van der Waals surface area contributed by atoms with E-state index in [4.69, 9.17) is 9.72 Å². The zero-order valence-electron chi connectivity index (χ0n) is 27.6. The van der Waals surface area contributed by atoms with Gasteiger partial charge in [-0.05, 0) is 60.3 Å². The summed E-state index contributed by atoms with van der Waals surface area (Å²) < 4.78 is 6.69. The molecule has 48 heavy (non-hydrogen) atoms. The highest BCUT2D eigenvalue weighted by Gasteiger charge is 2.28. The molecule has 0 spiro atoms. The van der Waals surface area contributed by atoms with E-state index in [0.717, 1.165) is 83.7 Å². The van der Waals surface area contributed by atoms with Gasteiger partial charge in [0.25, 0.3) is 0 Å². The molecule has 0 radical (unpaired) electrons. The van der Waals surface area contributed by atoms with Crippen LogP contribution in [0.15, 0.2) is 97.1 Å². The minimum absolute atomic E-state index is 0.0220. The van der Waals surface area contributed by atoms with E-state index in [0.29, 0.717) is 18.1 Å². The number of nitrogens with one attached hydrogen (secondary N) is 1. The van der Waals surface area contributed by atoms with Crippen LogP contribution in [0.2, 0.25) is 0 Å². The van der Waals surface area contributed by atoms with E-state index in [1.54, 1.807) is 0 Å². The fraction of sp³-hybridized carbons (Fsp3) is 0.350. The highest BCUT2D eigenvalue weighted by molar-refractivity contribution is 5.95. The van der Waals surface area contributed by atoms with Gasteiger partial charge in [0.05, 0.1) is 0 Å². The number of ether oxygens (including phenoxy) is 1. The van der Waals surface area contributed by atoms with Gasteiger partial charge in [-0.3, -0.25) is 14.6 Å². The number of amides is 1. The van der Waals surface area contributed by atoms with E-state index in [1.165, 1.54) is 32.9 Å². The summed E-state index contributed by atoms with van der Waals surface area (Å²) in [7, 11) is 0. The number of aromatic nitrogens is 1. The van der Waals surface area contributed by atoms with Crippen molar-refractivity contribution in [2.45, 2.75) is 31.9 Å². The van der Waals surface area contributed by atoms with Crippen LogP contribution in [0.4, 0.5) is 17.2 Å². The lowest BCUT2D eigenvalue weighted by molar-refractivity contribution is -0.116. The third-order valence-corrected chi connectivity index (χ3v) is 10.3. The van der Waals surface area contributed by atoms with Crippen LogP contribution < -0.4 is 19.9 Å². The first kappa shape index (κ1) is 30.7. The Morgan fingerprint density at radius 2 is 1.27 bits per heavy atom. The van der Waals surface area contributed by atoms with Gasteiger partial charge in [-0.1, -0.05) is 72.8 Å². The van der Waals surface area contributed by atoms with Crippen LogP contribution in [0.25, 0.3) is 21.5 Å². The highest BCUT2D eigenvalue weighted by Crippen LogP contribution is 2.30. The maximum atomic E-state index is 12.1. The van der Waals surface area contributed by atoms with Gasteiger partial charge in [0.15, 0.2) is 6.23 Å². The third kappa shape index (κ3) is 6.55. The molecule has 3 aliphatic heterocycles. The Bertz CT molecular complexity index is 1890. The average molecular weight is 641 g/mol. The summed E-state index contributed by atoms with van der Waals surface area (Å²) in [6, 6.07) is 34.6. The Kier molecular flexibility index (Phi) is 8.83. The summed E-state index contributed by atoms with van der Waals surface area (Å²) in [5.41, 5.74) is 3.72. The maximum absolute atomic E-state index is 12.1. The molecule has 8 nitrogen and oxygen atoms in total. The lowest BCUT2D eigenvalue weighted by Crippen LogP contribution is -2.52. The molecule has 0 bridgehead atoms. The van der Waals surface area contributed by atoms with E-state index >= 15 is 0 Å². The zero-order valence-corrected chi connectivity index (χ0v) is 27.6. The number of hydrogen-bond acceptors (Lipinski definition) is 7. The number of fused-ring (bicyclic) bond motifs is 3. The van der Waals surface area contributed by atoms with Gasteiger partial charge in [0, 0.05) is 87.0 Å². The van der Waals surface area contributed by atoms with Gasteiger partial charge in [-0.2, -0.15) is 4.98 Å². The topological polar surface area (TPSA) is 64.2 Å². The molecule has 2 saturated heterocycles. The number of carbonyl (C=O) groups excluding carboxylic acids is 1. The minimum Gasteiger partial charge on any atom is -0.458 e. The fourth-order valence-corrected chi connectivity index (χ4v) is 7.66. The molecule has 5 aromatic rings. The van der Waals surface area contributed by atoms with Crippen molar-refractivity contribution in [1.82, 2.24) is 14.8 Å². The van der Waals surface area contributed by atoms with Gasteiger partial charge in [-0.25, -0.2) is 0 Å². The first-order valence-corrected chi connectivity index (χ1v) is 17.6. The van der Waals surface area contributed by atoms with E-state index in [9.17, 15) is 4.79 Å². The number of pyridine rings is 1. The Morgan fingerprint density at radius 1 is 0.667 bits per heavy atom. The molecule has 4 heterocycles. The quantitative estimate of drug-likeness (QED) is 0.200. The van der Waals surface area contributed by atoms with Crippen LogP contribution >= 0.6 is 0 Å². The fourth-order valence-electron chi connectivity index (χ4n) is 7.66. The van der Waals surface area contributed by atoms with Crippen molar-refractivity contribution in [2.24, 2.45) is 0 Å². The summed E-state index contributed by atoms with van der Waals surface area (Å²) in [5.74, 6) is 1.25. The normalized spacial score (nSPS) is 18.1. The van der Waals surface area contributed by atoms with Gasteiger partial charge in [-0.15, -0.1) is 0 Å². The predicted octanol–water partition coefficient (Wildman–Crippen LogP) is 6.40. The van der Waals surface area contributed by atoms with E-state index in [2.05, 4.69) is 116 Å². The molecule has 1 N–H and O–H groups in total. The van der Waals surface area contributed by atoms with Crippen LogP contribution in [0.3, 0.4) is 0 Å². The molecule has 8 rings (SSSR count). The molecule has 8 heteroatoms. The number of nitrogens with zero attached hydrogens (tertiary/aromatic N) is 5. The van der Waals surface area contributed by atoms with Crippen molar-refractivity contribution in [3.63, 3.8) is 0 Å². The van der Waals surface area contributed by atoms with Crippen LogP contribution in [0.5, 0.6) is 5.88 Å². The molecule has 1 unspecified atom stereocenters. The van der Waals surface area contributed by atoms with Crippen LogP contribution in [-0.4, -0.2) is 85.8 Å². The second kappa shape index (κ2) is 13.8. The van der Waals surface area contributed by atoms with Crippen molar-refractivity contribution in [3.8, 4) is 5.88 Å². The highest BCUT2D eigenvalue weighted by atomic mass is 16.5. The van der Waals surface area contributed by atoms with E-state index < -0.39 is 0 Å². The monoisotopic (exact) mass is 640 g/mol. The molecule has 4 aromatic carbocycles. The lowest BCUT2D eigenvalue weighted by atomic mass is 10.1. The van der Waals surface area contributed by atoms with Gasteiger partial charge in [0.2, 0.25) is 11.8 Å². The lowest BCUT2D eigenvalue weighted by Gasteiger charge is -2.40. The standard InChI is InChI=1S/C40H44N6O2/c47-37-19-17-32-18-20-38(42-40(32)41-37)48-39(46-28-26-45(27-29-46)36-15-6-11-31-9-2-4-13-34(31)36)16-7-21-43-22-24-44(25-23-43)35-14-5-10-30-8-1-3-12-33(30)35/h1-6,8-15,18,20,39H,7,16-17,19,21-29H2,(H,41,42,47). The van der Waals surface area contributed by atoms with Gasteiger partial charge >= 0.3 is 0 Å². The molecule has 1 atom stereocenters. The number of carbonyl (C=O) groups is 1. The Morgan fingerprint density at radius 3 is 1.94 bits per heavy atom. The summed E-state index contributed by atoms with van der Waals surface area (Å²) in [6.45, 7) is 8.96. The molecule has 3 aliphatic rings. The second-order valence-electron chi connectivity index (χ2n) is 13.3. The number of piperazine rings is 2. The summed E-state index contributed by atoms with van der Waals surface area (Å²) in [6.07, 6.45) is 3.12. The molecule has 2 fully saturated rings. The zero-order chi connectivity index (χ0) is 32.3. The molecular weight excluding hydrogens is 596 g/mol. The largest absolute Gasteiger partial charge is 0.458 e. The number of rotatable bonds is 9. The van der Waals surface area contributed by atoms with Gasteiger partial charge in [0.1, 0.15) is 5.82 Å². The summed E-state index contributed by atoms with van der Waals surface area (Å²) in [5, 5.41) is 8.17. The first-order valence-electron chi connectivity index (χ1n) is 17.6. The molecule has 1 aromatic heterocycles. The van der Waals surface area contributed by atoms with E-state index in [-0.39, 0.29) is 12.1 Å². The van der Waals surface area contributed by atoms with Crippen LogP contribution in [-0.2, 0) is 11.2 Å². The van der Waals surface area contributed by atoms with Crippen molar-refractivity contribution >= 4 is 44.6 Å². The molecule has 0 aliphatic carbocycles. The smallest absolute Gasteiger partial charge is 0.225 e. The number of benzene rings is 4. The van der Waals surface area contributed by atoms with Gasteiger partial charge < -0.3 is 19.9 Å². The number of aryl methyl sites for hydroxylation is 1. The first-order chi connectivity index (χ1) is 23.7. The predicted molar refractivity (Wildman–Crippen MR) is 195 cm³/mol. The third-order valence-electron chi connectivity index (χ3n) is 10.3. The Hall–Kier alpha value is -4.66. The van der Waals surface area contributed by atoms with Crippen molar-refractivity contribution < 1.29 is 9.53 Å². The van der Waals surface area contributed by atoms with Crippen molar-refractivity contribution in [3.05, 3.63) is 103 Å². The van der Waals surface area contributed by atoms with Crippen molar-refractivity contribution in [1.29, 1.82) is 0 Å². The average Bonchev–Trinajstić information content (AvgIpc) is 3.14. The Labute approximate surface area is 282 Å². The summed E-state index contributed by atoms with van der Waals surface area (Å²) >= 11 is 0. The van der Waals surface area contributed by atoms with Crippen molar-refractivity contribution in [2.75, 3.05) is 74.0 Å². The molecule has 0 saturated carbocycles.